The highest BCUT2D eigenvalue weighted by molar-refractivity contribution is 5.40. The van der Waals surface area contributed by atoms with Crippen molar-refractivity contribution >= 4 is 0 Å². The molecule has 2 atom stereocenters. The quantitative estimate of drug-likeness (QED) is 0.893. The van der Waals surface area contributed by atoms with E-state index in [0.717, 1.165) is 11.8 Å². The zero-order valence-electron chi connectivity index (χ0n) is 12.2. The molecular formula is C17H26N2. The Balaban J connectivity index is 1.49. The molecule has 0 spiro atoms. The maximum Gasteiger partial charge on any atom is 0.00649 e. The summed E-state index contributed by atoms with van der Waals surface area (Å²) in [7, 11) is 2.09. The van der Waals surface area contributed by atoms with E-state index in [9.17, 15) is 0 Å². The molecule has 0 saturated carbocycles. The number of likely N-dealkylation sites (tertiary alicyclic amines) is 1. The van der Waals surface area contributed by atoms with E-state index in [2.05, 4.69) is 48.5 Å². The first-order valence-corrected chi connectivity index (χ1v) is 7.75. The van der Waals surface area contributed by atoms with E-state index in [1.165, 1.54) is 38.9 Å². The van der Waals surface area contributed by atoms with Gasteiger partial charge in [0.25, 0.3) is 0 Å². The van der Waals surface area contributed by atoms with Gasteiger partial charge in [0.1, 0.15) is 0 Å². The molecule has 1 N–H and O–H groups in total. The lowest BCUT2D eigenvalue weighted by Crippen LogP contribution is -2.43. The summed E-state index contributed by atoms with van der Waals surface area (Å²) in [5, 5.41) is 3.41. The van der Waals surface area contributed by atoms with Crippen LogP contribution >= 0.6 is 0 Å². The normalized spacial score (nSPS) is 25.7. The van der Waals surface area contributed by atoms with Gasteiger partial charge in [-0.2, -0.15) is 0 Å². The molecule has 0 aromatic heterocycles. The van der Waals surface area contributed by atoms with Gasteiger partial charge in [-0.15, -0.1) is 0 Å². The standard InChI is InChI=1S/C17H26N2/c1-13(18-2)14-7-9-19(10-8-14)12-16-11-15-5-3-4-6-17(15)16/h3-6,13-14,16,18H,7-12H2,1-2H3. The highest BCUT2D eigenvalue weighted by Crippen LogP contribution is 2.36. The van der Waals surface area contributed by atoms with Gasteiger partial charge in [-0.3, -0.25) is 0 Å². The van der Waals surface area contributed by atoms with Crippen molar-refractivity contribution in [3.8, 4) is 0 Å². The van der Waals surface area contributed by atoms with Crippen LogP contribution in [0.3, 0.4) is 0 Å². The van der Waals surface area contributed by atoms with Gasteiger partial charge in [0, 0.05) is 18.5 Å². The van der Waals surface area contributed by atoms with Crippen molar-refractivity contribution in [2.45, 2.75) is 38.1 Å². The molecule has 1 heterocycles. The topological polar surface area (TPSA) is 15.3 Å². The minimum Gasteiger partial charge on any atom is -0.317 e. The molecule has 1 aliphatic carbocycles. The lowest BCUT2D eigenvalue weighted by atomic mass is 9.77. The predicted molar refractivity (Wildman–Crippen MR) is 80.6 cm³/mol. The SMILES string of the molecule is CNC(C)C1CCN(CC2Cc3ccccc32)CC1. The van der Waals surface area contributed by atoms with Crippen molar-refractivity contribution in [1.82, 2.24) is 10.2 Å². The Morgan fingerprint density at radius 1 is 1.26 bits per heavy atom. The second kappa shape index (κ2) is 5.64. The first-order chi connectivity index (χ1) is 9.28. The van der Waals surface area contributed by atoms with Crippen LogP contribution in [0, 0.1) is 5.92 Å². The molecule has 2 aliphatic rings. The third kappa shape index (κ3) is 2.70. The predicted octanol–water partition coefficient (Wildman–Crippen LogP) is 2.65. The van der Waals surface area contributed by atoms with E-state index < -0.39 is 0 Å². The number of nitrogens with zero attached hydrogens (tertiary/aromatic N) is 1. The van der Waals surface area contributed by atoms with Gasteiger partial charge in [-0.25, -0.2) is 0 Å². The lowest BCUT2D eigenvalue weighted by molar-refractivity contribution is 0.154. The van der Waals surface area contributed by atoms with E-state index in [1.54, 1.807) is 11.1 Å². The van der Waals surface area contributed by atoms with Crippen LogP contribution < -0.4 is 5.32 Å². The molecule has 1 aromatic carbocycles. The fourth-order valence-corrected chi connectivity index (χ4v) is 3.71. The first kappa shape index (κ1) is 13.1. The van der Waals surface area contributed by atoms with Gasteiger partial charge in [0.15, 0.2) is 0 Å². The van der Waals surface area contributed by atoms with Gasteiger partial charge in [-0.05, 0) is 63.4 Å². The summed E-state index contributed by atoms with van der Waals surface area (Å²) in [5.41, 5.74) is 3.18. The van der Waals surface area contributed by atoms with Crippen molar-refractivity contribution in [3.63, 3.8) is 0 Å². The Bertz CT molecular complexity index is 421. The van der Waals surface area contributed by atoms with E-state index in [0.29, 0.717) is 6.04 Å². The molecule has 19 heavy (non-hydrogen) atoms. The van der Waals surface area contributed by atoms with Crippen LogP contribution in [-0.4, -0.2) is 37.6 Å². The van der Waals surface area contributed by atoms with E-state index in [-0.39, 0.29) is 0 Å². The molecule has 2 unspecified atom stereocenters. The molecule has 0 amide bonds. The van der Waals surface area contributed by atoms with Crippen molar-refractivity contribution in [1.29, 1.82) is 0 Å². The summed E-state index contributed by atoms with van der Waals surface area (Å²) >= 11 is 0. The van der Waals surface area contributed by atoms with Crippen molar-refractivity contribution < 1.29 is 0 Å². The minimum absolute atomic E-state index is 0.673. The molecule has 1 saturated heterocycles. The highest BCUT2D eigenvalue weighted by atomic mass is 15.1. The van der Waals surface area contributed by atoms with Crippen LogP contribution in [0.4, 0.5) is 0 Å². The summed E-state index contributed by atoms with van der Waals surface area (Å²) in [6.45, 7) is 6.17. The molecule has 0 radical (unpaired) electrons. The second-order valence-corrected chi connectivity index (χ2v) is 6.32. The summed E-state index contributed by atoms with van der Waals surface area (Å²) in [6.07, 6.45) is 4.01. The molecule has 0 bridgehead atoms. The third-order valence-electron chi connectivity index (χ3n) is 5.23. The van der Waals surface area contributed by atoms with E-state index in [1.807, 2.05) is 0 Å². The molecule has 104 valence electrons. The maximum atomic E-state index is 3.41. The Hall–Kier alpha value is -0.860. The van der Waals surface area contributed by atoms with Crippen LogP contribution in [-0.2, 0) is 6.42 Å². The number of hydrogen-bond acceptors (Lipinski definition) is 2. The highest BCUT2D eigenvalue weighted by Gasteiger charge is 2.29. The molecule has 1 aliphatic heterocycles. The third-order valence-corrected chi connectivity index (χ3v) is 5.23. The number of benzene rings is 1. The fourth-order valence-electron chi connectivity index (χ4n) is 3.71. The number of nitrogens with one attached hydrogen (secondary N) is 1. The van der Waals surface area contributed by atoms with Crippen LogP contribution in [0.15, 0.2) is 24.3 Å². The number of rotatable bonds is 4. The zero-order chi connectivity index (χ0) is 13.2. The molecular weight excluding hydrogens is 232 g/mol. The van der Waals surface area contributed by atoms with E-state index >= 15 is 0 Å². The van der Waals surface area contributed by atoms with Gasteiger partial charge >= 0.3 is 0 Å². The van der Waals surface area contributed by atoms with Crippen LogP contribution in [0.5, 0.6) is 0 Å². The fraction of sp³-hybridized carbons (Fsp3) is 0.647. The number of hydrogen-bond donors (Lipinski definition) is 1. The second-order valence-electron chi connectivity index (χ2n) is 6.32. The van der Waals surface area contributed by atoms with Crippen LogP contribution in [0.25, 0.3) is 0 Å². The van der Waals surface area contributed by atoms with Crippen molar-refractivity contribution in [3.05, 3.63) is 35.4 Å². The van der Waals surface area contributed by atoms with Gasteiger partial charge in [0.05, 0.1) is 0 Å². The van der Waals surface area contributed by atoms with Gasteiger partial charge in [0.2, 0.25) is 0 Å². The molecule has 1 fully saturated rings. The summed E-state index contributed by atoms with van der Waals surface area (Å²) < 4.78 is 0. The van der Waals surface area contributed by atoms with Crippen molar-refractivity contribution in [2.75, 3.05) is 26.7 Å². The Kier molecular flexibility index (Phi) is 3.90. The summed E-state index contributed by atoms with van der Waals surface area (Å²) in [5.74, 6) is 1.67. The van der Waals surface area contributed by atoms with Gasteiger partial charge < -0.3 is 10.2 Å². The largest absolute Gasteiger partial charge is 0.317 e. The van der Waals surface area contributed by atoms with Crippen LogP contribution in [0.1, 0.15) is 36.8 Å². The van der Waals surface area contributed by atoms with Crippen LogP contribution in [0.2, 0.25) is 0 Å². The van der Waals surface area contributed by atoms with Crippen molar-refractivity contribution in [2.24, 2.45) is 5.92 Å². The summed E-state index contributed by atoms with van der Waals surface area (Å²) in [4.78, 5) is 2.68. The summed E-state index contributed by atoms with van der Waals surface area (Å²) in [6, 6.07) is 9.63. The average molecular weight is 258 g/mol. The Morgan fingerprint density at radius 2 is 2.00 bits per heavy atom. The maximum absolute atomic E-state index is 3.41. The molecule has 3 rings (SSSR count). The molecule has 2 nitrogen and oxygen atoms in total. The Morgan fingerprint density at radius 3 is 2.68 bits per heavy atom. The average Bonchev–Trinajstić information content (AvgIpc) is 2.44. The van der Waals surface area contributed by atoms with Gasteiger partial charge in [-0.1, -0.05) is 24.3 Å². The zero-order valence-corrected chi connectivity index (χ0v) is 12.2. The molecule has 1 aromatic rings. The smallest absolute Gasteiger partial charge is 0.00649 e. The van der Waals surface area contributed by atoms with E-state index in [4.69, 9.17) is 0 Å². The monoisotopic (exact) mass is 258 g/mol. The number of fused-ring (bicyclic) bond motifs is 1. The first-order valence-electron chi connectivity index (χ1n) is 7.75. The minimum atomic E-state index is 0.673. The molecule has 2 heteroatoms. The lowest BCUT2D eigenvalue weighted by Gasteiger charge is -2.39. The number of piperidine rings is 1. The Labute approximate surface area is 117 Å².